The fourth-order valence-electron chi connectivity index (χ4n) is 3.00. The SMILES string of the molecule is CCNC(=NCc1cn2ccsc2n1)N(C)CCC1CCOCC1.I. The summed E-state index contributed by atoms with van der Waals surface area (Å²) in [6, 6.07) is 0. The van der Waals surface area contributed by atoms with Crippen molar-refractivity contribution in [2.24, 2.45) is 10.9 Å². The number of halogens is 1. The number of imidazole rings is 1. The minimum Gasteiger partial charge on any atom is -0.381 e. The maximum atomic E-state index is 5.44. The van der Waals surface area contributed by atoms with Crippen molar-refractivity contribution < 1.29 is 4.74 Å². The summed E-state index contributed by atoms with van der Waals surface area (Å²) in [5.41, 5.74) is 1.01. The number of aromatic nitrogens is 2. The van der Waals surface area contributed by atoms with Gasteiger partial charge in [-0.15, -0.1) is 35.3 Å². The third-order valence-electron chi connectivity index (χ3n) is 4.44. The molecule has 0 amide bonds. The van der Waals surface area contributed by atoms with Crippen LogP contribution in [0.4, 0.5) is 0 Å². The largest absolute Gasteiger partial charge is 0.381 e. The van der Waals surface area contributed by atoms with E-state index in [1.54, 1.807) is 11.3 Å². The molecule has 25 heavy (non-hydrogen) atoms. The molecule has 0 unspecified atom stereocenters. The first-order chi connectivity index (χ1) is 11.8. The molecule has 6 nitrogen and oxygen atoms in total. The molecule has 0 spiro atoms. The van der Waals surface area contributed by atoms with Gasteiger partial charge >= 0.3 is 0 Å². The van der Waals surface area contributed by atoms with E-state index in [1.165, 1.54) is 19.3 Å². The predicted octanol–water partition coefficient (Wildman–Crippen LogP) is 3.23. The number of nitrogens with one attached hydrogen (secondary N) is 1. The standard InChI is InChI=1S/C17H27N5OS.HI/c1-3-18-16(21(2)7-4-14-5-9-23-10-6-14)19-12-15-13-22-8-11-24-17(22)20-15;/h8,11,13-14H,3-7,9-10,12H2,1-2H3,(H,18,19);1H. The predicted molar refractivity (Wildman–Crippen MR) is 114 cm³/mol. The Labute approximate surface area is 170 Å². The molecule has 2 aromatic heterocycles. The highest BCUT2D eigenvalue weighted by atomic mass is 127. The zero-order chi connectivity index (χ0) is 16.8. The molecule has 140 valence electrons. The maximum absolute atomic E-state index is 5.44. The second-order valence-electron chi connectivity index (χ2n) is 6.26. The van der Waals surface area contributed by atoms with E-state index in [2.05, 4.69) is 39.8 Å². The van der Waals surface area contributed by atoms with Crippen LogP contribution < -0.4 is 5.32 Å². The van der Waals surface area contributed by atoms with Crippen molar-refractivity contribution in [3.8, 4) is 0 Å². The van der Waals surface area contributed by atoms with E-state index in [1.807, 2.05) is 11.6 Å². The molecule has 3 rings (SSSR count). The van der Waals surface area contributed by atoms with Gasteiger partial charge in [0.05, 0.1) is 12.2 Å². The summed E-state index contributed by atoms with van der Waals surface area (Å²) in [5.74, 6) is 1.74. The van der Waals surface area contributed by atoms with Gasteiger partial charge in [0.1, 0.15) is 0 Å². The van der Waals surface area contributed by atoms with Crippen molar-refractivity contribution >= 4 is 46.2 Å². The van der Waals surface area contributed by atoms with Crippen LogP contribution in [0.2, 0.25) is 0 Å². The molecule has 1 aliphatic heterocycles. The molecule has 0 saturated carbocycles. The highest BCUT2D eigenvalue weighted by Crippen LogP contribution is 2.18. The van der Waals surface area contributed by atoms with Crippen LogP contribution in [0.1, 0.15) is 31.9 Å². The van der Waals surface area contributed by atoms with Crippen LogP contribution in [-0.4, -0.2) is 53.6 Å². The topological polar surface area (TPSA) is 54.2 Å². The van der Waals surface area contributed by atoms with Gasteiger partial charge in [-0.1, -0.05) is 0 Å². The van der Waals surface area contributed by atoms with E-state index >= 15 is 0 Å². The van der Waals surface area contributed by atoms with Gasteiger partial charge in [-0.2, -0.15) is 0 Å². The third kappa shape index (κ3) is 5.82. The van der Waals surface area contributed by atoms with Crippen molar-refractivity contribution in [1.82, 2.24) is 19.6 Å². The first-order valence-corrected chi connectivity index (χ1v) is 9.62. The molecule has 0 radical (unpaired) electrons. The van der Waals surface area contributed by atoms with Crippen LogP contribution in [0.5, 0.6) is 0 Å². The van der Waals surface area contributed by atoms with Crippen molar-refractivity contribution in [2.75, 3.05) is 33.4 Å². The Morgan fingerprint density at radius 3 is 3.00 bits per heavy atom. The number of ether oxygens (including phenoxy) is 1. The quantitative estimate of drug-likeness (QED) is 0.395. The second kappa shape index (κ2) is 10.3. The molecule has 1 aliphatic rings. The summed E-state index contributed by atoms with van der Waals surface area (Å²) < 4.78 is 7.49. The number of thiazole rings is 1. The van der Waals surface area contributed by atoms with Gasteiger partial charge in [0.25, 0.3) is 0 Å². The normalized spacial score (nSPS) is 16.0. The van der Waals surface area contributed by atoms with Crippen LogP contribution in [0.3, 0.4) is 0 Å². The molecule has 1 saturated heterocycles. The van der Waals surface area contributed by atoms with Crippen molar-refractivity contribution in [3.05, 3.63) is 23.5 Å². The Morgan fingerprint density at radius 1 is 1.48 bits per heavy atom. The second-order valence-corrected chi connectivity index (χ2v) is 7.13. The molecule has 0 bridgehead atoms. The first-order valence-electron chi connectivity index (χ1n) is 8.74. The number of nitrogens with zero attached hydrogens (tertiary/aromatic N) is 4. The van der Waals surface area contributed by atoms with E-state index in [4.69, 9.17) is 9.73 Å². The van der Waals surface area contributed by atoms with E-state index in [-0.39, 0.29) is 24.0 Å². The van der Waals surface area contributed by atoms with E-state index < -0.39 is 0 Å². The summed E-state index contributed by atoms with van der Waals surface area (Å²) >= 11 is 1.65. The molecular weight excluding hydrogens is 449 g/mol. The number of guanidine groups is 1. The van der Waals surface area contributed by atoms with Gasteiger partial charge < -0.3 is 15.0 Å². The summed E-state index contributed by atoms with van der Waals surface area (Å²) in [5, 5.41) is 5.43. The van der Waals surface area contributed by atoms with Crippen molar-refractivity contribution in [2.45, 2.75) is 32.7 Å². The number of rotatable bonds is 6. The lowest BCUT2D eigenvalue weighted by Gasteiger charge is -2.26. The molecule has 1 fully saturated rings. The molecule has 0 aliphatic carbocycles. The van der Waals surface area contributed by atoms with Crippen molar-refractivity contribution in [1.29, 1.82) is 0 Å². The first kappa shape index (κ1) is 20.4. The lowest BCUT2D eigenvalue weighted by Crippen LogP contribution is -2.40. The minimum atomic E-state index is 0. The Hall–Kier alpha value is -0.870. The van der Waals surface area contributed by atoms with Crippen LogP contribution in [-0.2, 0) is 11.3 Å². The van der Waals surface area contributed by atoms with E-state index in [9.17, 15) is 0 Å². The summed E-state index contributed by atoms with van der Waals surface area (Å²) in [7, 11) is 2.12. The van der Waals surface area contributed by atoms with Crippen LogP contribution in [0.15, 0.2) is 22.8 Å². The fourth-order valence-corrected chi connectivity index (χ4v) is 3.71. The summed E-state index contributed by atoms with van der Waals surface area (Å²) in [4.78, 5) is 12.6. The smallest absolute Gasteiger partial charge is 0.194 e. The fraction of sp³-hybridized carbons (Fsp3) is 0.647. The van der Waals surface area contributed by atoms with Gasteiger partial charge in [-0.3, -0.25) is 4.40 Å². The molecule has 0 atom stereocenters. The Bertz CT molecular complexity index is 636. The Balaban J connectivity index is 0.00000225. The van der Waals surface area contributed by atoms with Gasteiger partial charge in [0.15, 0.2) is 10.9 Å². The number of aliphatic imine (C=N–C) groups is 1. The van der Waals surface area contributed by atoms with E-state index in [0.717, 1.165) is 48.8 Å². The number of hydrogen-bond donors (Lipinski definition) is 1. The highest BCUT2D eigenvalue weighted by molar-refractivity contribution is 14.0. The number of fused-ring (bicyclic) bond motifs is 1. The molecule has 1 N–H and O–H groups in total. The Kier molecular flexibility index (Phi) is 8.44. The van der Waals surface area contributed by atoms with Gasteiger partial charge in [0.2, 0.25) is 0 Å². The molecular formula is C17H28IN5OS. The monoisotopic (exact) mass is 477 g/mol. The van der Waals surface area contributed by atoms with E-state index in [0.29, 0.717) is 6.54 Å². The highest BCUT2D eigenvalue weighted by Gasteiger charge is 2.15. The Morgan fingerprint density at radius 2 is 2.28 bits per heavy atom. The lowest BCUT2D eigenvalue weighted by atomic mass is 9.96. The van der Waals surface area contributed by atoms with Gasteiger partial charge in [-0.25, -0.2) is 9.98 Å². The lowest BCUT2D eigenvalue weighted by molar-refractivity contribution is 0.0625. The molecule has 2 aromatic rings. The summed E-state index contributed by atoms with van der Waals surface area (Å²) in [6.45, 7) is 6.44. The summed E-state index contributed by atoms with van der Waals surface area (Å²) in [6.07, 6.45) is 7.66. The zero-order valence-corrected chi connectivity index (χ0v) is 18.1. The molecule has 8 heteroatoms. The number of hydrogen-bond acceptors (Lipinski definition) is 4. The average molecular weight is 477 g/mol. The maximum Gasteiger partial charge on any atom is 0.194 e. The minimum absolute atomic E-state index is 0. The van der Waals surface area contributed by atoms with Crippen LogP contribution >= 0.6 is 35.3 Å². The molecule has 0 aromatic carbocycles. The van der Waals surface area contributed by atoms with Gasteiger partial charge in [0, 0.05) is 51.1 Å². The van der Waals surface area contributed by atoms with Gasteiger partial charge in [-0.05, 0) is 32.1 Å². The zero-order valence-electron chi connectivity index (χ0n) is 15.0. The third-order valence-corrected chi connectivity index (χ3v) is 5.21. The van der Waals surface area contributed by atoms with Crippen molar-refractivity contribution in [3.63, 3.8) is 0 Å². The molecule has 3 heterocycles. The average Bonchev–Trinajstić information content (AvgIpc) is 3.19. The van der Waals surface area contributed by atoms with Crippen LogP contribution in [0, 0.1) is 5.92 Å². The van der Waals surface area contributed by atoms with Crippen LogP contribution in [0.25, 0.3) is 4.96 Å².